The number of amides is 1. The van der Waals surface area contributed by atoms with Gasteiger partial charge in [0.15, 0.2) is 0 Å². The number of aryl methyl sites for hydroxylation is 1. The molecule has 1 saturated carbocycles. The number of fused-ring (bicyclic) bond motifs is 1. The summed E-state index contributed by atoms with van der Waals surface area (Å²) in [5.74, 6) is 2.10. The summed E-state index contributed by atoms with van der Waals surface area (Å²) >= 11 is 0. The maximum absolute atomic E-state index is 12.3. The highest BCUT2D eigenvalue weighted by atomic mass is 35.5. The summed E-state index contributed by atoms with van der Waals surface area (Å²) in [6.07, 6.45) is 7.71. The van der Waals surface area contributed by atoms with E-state index in [9.17, 15) is 4.79 Å². The van der Waals surface area contributed by atoms with Gasteiger partial charge in [-0.2, -0.15) is 0 Å². The quantitative estimate of drug-likeness (QED) is 0.899. The van der Waals surface area contributed by atoms with Gasteiger partial charge in [-0.05, 0) is 39.0 Å². The second-order valence-corrected chi connectivity index (χ2v) is 6.15. The highest BCUT2D eigenvalue weighted by Gasteiger charge is 2.38. The Bertz CT molecular complexity index is 477. The monoisotopic (exact) mass is 313 g/mol. The third-order valence-electron chi connectivity index (χ3n) is 4.55. The van der Waals surface area contributed by atoms with Crippen molar-refractivity contribution in [2.45, 2.75) is 64.1 Å². The molecule has 5 nitrogen and oxygen atoms in total. The molecule has 1 aromatic rings. The molecule has 0 radical (unpaired) electrons. The normalized spacial score (nSPS) is 29.3. The van der Waals surface area contributed by atoms with Gasteiger partial charge in [0.25, 0.3) is 0 Å². The summed E-state index contributed by atoms with van der Waals surface area (Å²) in [6, 6.07) is 0.307. The lowest BCUT2D eigenvalue weighted by molar-refractivity contribution is -0.123. The Balaban J connectivity index is 0.00000161. The van der Waals surface area contributed by atoms with Crippen LogP contribution in [0.4, 0.5) is 0 Å². The lowest BCUT2D eigenvalue weighted by Gasteiger charge is -2.24. The van der Waals surface area contributed by atoms with Crippen LogP contribution in [0.25, 0.3) is 0 Å². The fourth-order valence-corrected chi connectivity index (χ4v) is 3.47. The number of carbonyl (C=O) groups is 1. The molecule has 1 amide bonds. The van der Waals surface area contributed by atoms with Gasteiger partial charge in [0.1, 0.15) is 11.8 Å². The smallest absolute Gasteiger partial charge is 0.237 e. The zero-order valence-corrected chi connectivity index (χ0v) is 13.4. The molecule has 0 bridgehead atoms. The lowest BCUT2D eigenvalue weighted by atomic mass is 9.85. The van der Waals surface area contributed by atoms with Crippen molar-refractivity contribution in [1.82, 2.24) is 15.6 Å². The third kappa shape index (κ3) is 3.58. The van der Waals surface area contributed by atoms with Crippen LogP contribution in [0.15, 0.2) is 10.6 Å². The number of hydrogen-bond acceptors (Lipinski definition) is 4. The fraction of sp³-hybridized carbons (Fsp3) is 0.733. The molecule has 2 aliphatic rings. The molecule has 21 heavy (non-hydrogen) atoms. The molecular weight excluding hydrogens is 290 g/mol. The largest absolute Gasteiger partial charge is 0.444 e. The van der Waals surface area contributed by atoms with E-state index in [2.05, 4.69) is 15.6 Å². The second kappa shape index (κ2) is 6.79. The van der Waals surface area contributed by atoms with Crippen LogP contribution in [-0.2, 0) is 4.79 Å². The van der Waals surface area contributed by atoms with Gasteiger partial charge in [-0.15, -0.1) is 12.4 Å². The first-order valence-electron chi connectivity index (χ1n) is 7.62. The van der Waals surface area contributed by atoms with Crippen LogP contribution in [0.2, 0.25) is 0 Å². The molecule has 2 heterocycles. The number of nitrogens with zero attached hydrogens (tertiary/aromatic N) is 1. The predicted molar refractivity (Wildman–Crippen MR) is 82.3 cm³/mol. The van der Waals surface area contributed by atoms with Gasteiger partial charge in [-0.1, -0.05) is 12.8 Å². The van der Waals surface area contributed by atoms with Gasteiger partial charge >= 0.3 is 0 Å². The third-order valence-corrected chi connectivity index (χ3v) is 4.55. The van der Waals surface area contributed by atoms with E-state index in [1.807, 2.05) is 13.8 Å². The first-order chi connectivity index (χ1) is 9.63. The average Bonchev–Trinajstić information content (AvgIpc) is 3.04. The van der Waals surface area contributed by atoms with Crippen LogP contribution in [0.5, 0.6) is 0 Å². The molecule has 1 aliphatic carbocycles. The van der Waals surface area contributed by atoms with Gasteiger partial charge < -0.3 is 15.1 Å². The van der Waals surface area contributed by atoms with E-state index in [4.69, 9.17) is 4.42 Å². The molecule has 1 aliphatic heterocycles. The summed E-state index contributed by atoms with van der Waals surface area (Å²) in [7, 11) is 0. The van der Waals surface area contributed by atoms with Crippen molar-refractivity contribution in [3.63, 3.8) is 0 Å². The summed E-state index contributed by atoms with van der Waals surface area (Å²) in [5, 5.41) is 6.50. The summed E-state index contributed by atoms with van der Waals surface area (Å²) in [5.41, 5.74) is 0. The molecular formula is C15H24ClN3O2. The molecule has 0 spiro atoms. The number of aromatic nitrogens is 1. The molecule has 2 N–H and O–H groups in total. The van der Waals surface area contributed by atoms with Crippen molar-refractivity contribution in [3.05, 3.63) is 17.8 Å². The minimum atomic E-state index is -0.180. The first-order valence-corrected chi connectivity index (χ1v) is 7.62. The molecule has 2 fully saturated rings. The Kier molecular flexibility index (Phi) is 5.27. The zero-order chi connectivity index (χ0) is 14.1. The Morgan fingerprint density at radius 1 is 1.48 bits per heavy atom. The number of carbonyl (C=O) groups excluding carboxylic acids is 1. The SMILES string of the molecule is Cc1cnc(C(C)NC(=O)C2CC3CCCCC3N2)o1.Cl. The molecule has 6 heteroatoms. The Morgan fingerprint density at radius 3 is 2.90 bits per heavy atom. The highest BCUT2D eigenvalue weighted by Crippen LogP contribution is 2.33. The van der Waals surface area contributed by atoms with Gasteiger partial charge in [-0.3, -0.25) is 4.79 Å². The number of oxazole rings is 1. The van der Waals surface area contributed by atoms with Gasteiger partial charge in [0.05, 0.1) is 12.2 Å². The lowest BCUT2D eigenvalue weighted by Crippen LogP contribution is -2.43. The number of rotatable bonds is 3. The zero-order valence-electron chi connectivity index (χ0n) is 12.6. The van der Waals surface area contributed by atoms with E-state index >= 15 is 0 Å². The standard InChI is InChI=1S/C15H23N3O2.ClH/c1-9-8-16-15(20-9)10(2)17-14(19)13-7-11-5-3-4-6-12(11)18-13;/h8,10-13,18H,3-7H2,1-2H3,(H,17,19);1H. The van der Waals surface area contributed by atoms with Gasteiger partial charge in [0, 0.05) is 6.04 Å². The van der Waals surface area contributed by atoms with Crippen molar-refractivity contribution in [1.29, 1.82) is 0 Å². The number of hydrogen-bond donors (Lipinski definition) is 2. The van der Waals surface area contributed by atoms with Crippen LogP contribution in [0, 0.1) is 12.8 Å². The fourth-order valence-electron chi connectivity index (χ4n) is 3.47. The molecule has 1 aromatic heterocycles. The van der Waals surface area contributed by atoms with E-state index in [-0.39, 0.29) is 30.4 Å². The highest BCUT2D eigenvalue weighted by molar-refractivity contribution is 5.85. The summed E-state index contributed by atoms with van der Waals surface area (Å²) in [6.45, 7) is 3.76. The average molecular weight is 314 g/mol. The van der Waals surface area contributed by atoms with Crippen molar-refractivity contribution < 1.29 is 9.21 Å². The maximum atomic E-state index is 12.3. The molecule has 3 rings (SSSR count). The van der Waals surface area contributed by atoms with Crippen molar-refractivity contribution in [3.8, 4) is 0 Å². The Labute approximate surface area is 131 Å². The molecule has 0 aromatic carbocycles. The molecule has 4 unspecified atom stereocenters. The molecule has 1 saturated heterocycles. The van der Waals surface area contributed by atoms with E-state index in [1.165, 1.54) is 25.7 Å². The van der Waals surface area contributed by atoms with Crippen LogP contribution >= 0.6 is 12.4 Å². The van der Waals surface area contributed by atoms with Gasteiger partial charge in [0.2, 0.25) is 11.8 Å². The minimum Gasteiger partial charge on any atom is -0.444 e. The van der Waals surface area contributed by atoms with E-state index in [1.54, 1.807) is 6.20 Å². The summed E-state index contributed by atoms with van der Waals surface area (Å²) in [4.78, 5) is 16.5. The maximum Gasteiger partial charge on any atom is 0.237 e. The minimum absolute atomic E-state index is 0. The van der Waals surface area contributed by atoms with Gasteiger partial charge in [-0.25, -0.2) is 4.98 Å². The summed E-state index contributed by atoms with van der Waals surface area (Å²) < 4.78 is 5.46. The van der Waals surface area contributed by atoms with E-state index in [0.29, 0.717) is 17.9 Å². The molecule has 118 valence electrons. The molecule has 4 atom stereocenters. The van der Waals surface area contributed by atoms with Crippen LogP contribution in [0.3, 0.4) is 0 Å². The van der Waals surface area contributed by atoms with E-state index in [0.717, 1.165) is 12.2 Å². The topological polar surface area (TPSA) is 67.2 Å². The number of halogens is 1. The second-order valence-electron chi connectivity index (χ2n) is 6.15. The Morgan fingerprint density at radius 2 is 2.24 bits per heavy atom. The van der Waals surface area contributed by atoms with Crippen LogP contribution < -0.4 is 10.6 Å². The van der Waals surface area contributed by atoms with E-state index < -0.39 is 0 Å². The van der Waals surface area contributed by atoms with Crippen molar-refractivity contribution in [2.24, 2.45) is 5.92 Å². The van der Waals surface area contributed by atoms with Crippen LogP contribution in [0.1, 0.15) is 56.7 Å². The first kappa shape index (κ1) is 16.3. The van der Waals surface area contributed by atoms with Crippen LogP contribution in [-0.4, -0.2) is 23.0 Å². The number of nitrogens with one attached hydrogen (secondary N) is 2. The van der Waals surface area contributed by atoms with Crippen molar-refractivity contribution >= 4 is 18.3 Å². The Hall–Kier alpha value is -1.07. The predicted octanol–water partition coefficient (Wildman–Crippen LogP) is 2.50. The van der Waals surface area contributed by atoms with Crippen molar-refractivity contribution in [2.75, 3.05) is 0 Å².